The molecule has 3 rings (SSSR count). The van der Waals surface area contributed by atoms with Gasteiger partial charge in [-0.25, -0.2) is 13.1 Å². The standard InChI is InChI=1S/C20H20Cl2N4O4S2/c1-11-4-6-15(8-12(11)2)30-10-13(3)26-32(28,29)20-25-24-19(31-20)23-18(27)16-7-5-14(21)9-17(16)22/h4-9,13,26H,10H2,1-3H3,(H,23,24,27)/t13-/m1/s1. The molecule has 1 amide bonds. The zero-order valence-electron chi connectivity index (χ0n) is 17.3. The van der Waals surface area contributed by atoms with E-state index in [-0.39, 0.29) is 26.7 Å². The molecule has 0 aliphatic carbocycles. The molecule has 8 nitrogen and oxygen atoms in total. The molecule has 0 bridgehead atoms. The van der Waals surface area contributed by atoms with Crippen LogP contribution in [-0.2, 0) is 10.0 Å². The number of rotatable bonds is 8. The quantitative estimate of drug-likeness (QED) is 0.429. The summed E-state index contributed by atoms with van der Waals surface area (Å²) in [5.41, 5.74) is 2.40. The number of nitrogens with one attached hydrogen (secondary N) is 2. The lowest BCUT2D eigenvalue weighted by molar-refractivity contribution is 0.102. The first-order valence-electron chi connectivity index (χ1n) is 9.37. The van der Waals surface area contributed by atoms with Gasteiger partial charge < -0.3 is 4.74 Å². The van der Waals surface area contributed by atoms with Crippen molar-refractivity contribution >= 4 is 55.6 Å². The summed E-state index contributed by atoms with van der Waals surface area (Å²) in [5, 5.41) is 10.4. The number of hydrogen-bond donors (Lipinski definition) is 2. The number of benzene rings is 2. The normalized spacial score (nSPS) is 12.4. The van der Waals surface area contributed by atoms with Gasteiger partial charge in [-0.15, -0.1) is 10.2 Å². The SMILES string of the molecule is Cc1ccc(OC[C@@H](C)NS(=O)(=O)c2nnc(NC(=O)c3ccc(Cl)cc3Cl)s2)cc1C. The van der Waals surface area contributed by atoms with Gasteiger partial charge in [0.15, 0.2) is 0 Å². The molecule has 0 aliphatic heterocycles. The van der Waals surface area contributed by atoms with Crippen LogP contribution in [0.4, 0.5) is 5.13 Å². The number of carbonyl (C=O) groups excluding carboxylic acids is 1. The smallest absolute Gasteiger partial charge is 0.270 e. The van der Waals surface area contributed by atoms with Gasteiger partial charge in [0.2, 0.25) is 9.47 Å². The molecular formula is C20H20Cl2N4O4S2. The van der Waals surface area contributed by atoms with Crippen molar-refractivity contribution < 1.29 is 17.9 Å². The van der Waals surface area contributed by atoms with Crippen LogP contribution in [0.15, 0.2) is 40.7 Å². The van der Waals surface area contributed by atoms with Gasteiger partial charge in [-0.3, -0.25) is 10.1 Å². The molecule has 0 saturated heterocycles. The van der Waals surface area contributed by atoms with Gasteiger partial charge in [-0.05, 0) is 62.2 Å². The molecule has 3 aromatic rings. The van der Waals surface area contributed by atoms with Crippen molar-refractivity contribution in [2.45, 2.75) is 31.2 Å². The maximum atomic E-state index is 12.6. The lowest BCUT2D eigenvalue weighted by Gasteiger charge is -2.14. The van der Waals surface area contributed by atoms with Crippen LogP contribution in [0.25, 0.3) is 0 Å². The van der Waals surface area contributed by atoms with Gasteiger partial charge in [0.1, 0.15) is 12.4 Å². The summed E-state index contributed by atoms with van der Waals surface area (Å²) >= 11 is 12.6. The molecule has 12 heteroatoms. The summed E-state index contributed by atoms with van der Waals surface area (Å²) in [5.74, 6) is 0.0933. The highest BCUT2D eigenvalue weighted by Gasteiger charge is 2.24. The number of anilines is 1. The third kappa shape index (κ3) is 6.17. The summed E-state index contributed by atoms with van der Waals surface area (Å²) in [6.45, 7) is 5.77. The van der Waals surface area contributed by atoms with Crippen LogP contribution in [0.3, 0.4) is 0 Å². The highest BCUT2D eigenvalue weighted by Crippen LogP contribution is 2.24. The molecule has 0 spiro atoms. The Hall–Kier alpha value is -2.24. The number of sulfonamides is 1. The topological polar surface area (TPSA) is 110 Å². The van der Waals surface area contributed by atoms with Crippen LogP contribution < -0.4 is 14.8 Å². The predicted octanol–water partition coefficient (Wildman–Crippen LogP) is 4.46. The number of halogens is 2. The van der Waals surface area contributed by atoms with Crippen molar-refractivity contribution in [2.75, 3.05) is 11.9 Å². The van der Waals surface area contributed by atoms with Gasteiger partial charge in [-0.1, -0.05) is 40.6 Å². The zero-order chi connectivity index (χ0) is 23.5. The minimum Gasteiger partial charge on any atom is -0.492 e. The fraction of sp³-hybridized carbons (Fsp3) is 0.250. The van der Waals surface area contributed by atoms with Crippen molar-refractivity contribution in [3.63, 3.8) is 0 Å². The fourth-order valence-electron chi connectivity index (χ4n) is 2.58. The number of aromatic nitrogens is 2. The number of nitrogens with zero attached hydrogens (tertiary/aromatic N) is 2. The highest BCUT2D eigenvalue weighted by atomic mass is 35.5. The fourth-order valence-corrected chi connectivity index (χ4v) is 5.21. The molecular weight excluding hydrogens is 495 g/mol. The second kappa shape index (κ2) is 10.1. The van der Waals surface area contributed by atoms with Crippen LogP contribution in [0.2, 0.25) is 10.0 Å². The van der Waals surface area contributed by atoms with Crippen molar-refractivity contribution in [2.24, 2.45) is 0 Å². The average molecular weight is 515 g/mol. The van der Waals surface area contributed by atoms with Crippen molar-refractivity contribution in [3.8, 4) is 5.75 Å². The van der Waals surface area contributed by atoms with Crippen LogP contribution in [0.1, 0.15) is 28.4 Å². The minimum atomic E-state index is -3.95. The Balaban J connectivity index is 1.61. The third-order valence-electron chi connectivity index (χ3n) is 4.37. The summed E-state index contributed by atoms with van der Waals surface area (Å²) in [7, 11) is -3.95. The van der Waals surface area contributed by atoms with Crippen LogP contribution >= 0.6 is 34.5 Å². The molecule has 1 heterocycles. The molecule has 0 aliphatic rings. The largest absolute Gasteiger partial charge is 0.492 e. The van der Waals surface area contributed by atoms with Gasteiger partial charge in [0, 0.05) is 5.02 Å². The molecule has 0 saturated carbocycles. The predicted molar refractivity (Wildman–Crippen MR) is 126 cm³/mol. The lowest BCUT2D eigenvalue weighted by Crippen LogP contribution is -2.36. The number of aryl methyl sites for hydroxylation is 2. The second-order valence-electron chi connectivity index (χ2n) is 7.03. The average Bonchev–Trinajstić information content (AvgIpc) is 3.18. The van der Waals surface area contributed by atoms with E-state index in [0.29, 0.717) is 10.8 Å². The van der Waals surface area contributed by atoms with Crippen molar-refractivity contribution in [1.29, 1.82) is 0 Å². The molecule has 2 aromatic carbocycles. The van der Waals surface area contributed by atoms with E-state index in [9.17, 15) is 13.2 Å². The molecule has 1 atom stereocenters. The molecule has 0 unspecified atom stereocenters. The Kier molecular flexibility index (Phi) is 7.73. The monoisotopic (exact) mass is 514 g/mol. The molecule has 170 valence electrons. The first-order chi connectivity index (χ1) is 15.0. The summed E-state index contributed by atoms with van der Waals surface area (Å²) in [6, 6.07) is 9.53. The Morgan fingerprint density at radius 1 is 1.12 bits per heavy atom. The van der Waals surface area contributed by atoms with E-state index in [0.717, 1.165) is 22.5 Å². The molecule has 32 heavy (non-hydrogen) atoms. The van der Waals surface area contributed by atoms with E-state index < -0.39 is 22.0 Å². The van der Waals surface area contributed by atoms with Crippen LogP contribution in [0, 0.1) is 13.8 Å². The van der Waals surface area contributed by atoms with E-state index in [4.69, 9.17) is 27.9 Å². The van der Waals surface area contributed by atoms with Gasteiger partial charge in [0.25, 0.3) is 15.9 Å². The van der Waals surface area contributed by atoms with E-state index >= 15 is 0 Å². The van der Waals surface area contributed by atoms with Crippen molar-refractivity contribution in [1.82, 2.24) is 14.9 Å². The molecule has 2 N–H and O–H groups in total. The molecule has 0 fully saturated rings. The maximum absolute atomic E-state index is 12.6. The number of carbonyl (C=O) groups is 1. The van der Waals surface area contributed by atoms with Gasteiger partial charge >= 0.3 is 0 Å². The van der Waals surface area contributed by atoms with E-state index in [1.807, 2.05) is 32.0 Å². The molecule has 0 radical (unpaired) electrons. The second-order valence-corrected chi connectivity index (χ2v) is 10.7. The maximum Gasteiger partial charge on any atom is 0.270 e. The zero-order valence-corrected chi connectivity index (χ0v) is 20.5. The number of ether oxygens (including phenoxy) is 1. The number of amides is 1. The Bertz CT molecular complexity index is 1250. The Morgan fingerprint density at radius 2 is 1.88 bits per heavy atom. The van der Waals surface area contributed by atoms with Crippen LogP contribution in [-0.4, -0.2) is 37.2 Å². The Labute approximate surface area is 200 Å². The van der Waals surface area contributed by atoms with Crippen LogP contribution in [0.5, 0.6) is 5.75 Å². The first-order valence-corrected chi connectivity index (χ1v) is 12.4. The summed E-state index contributed by atoms with van der Waals surface area (Å²) in [4.78, 5) is 12.4. The lowest BCUT2D eigenvalue weighted by atomic mass is 10.1. The van der Waals surface area contributed by atoms with Gasteiger partial charge in [0.05, 0.1) is 16.6 Å². The Morgan fingerprint density at radius 3 is 2.56 bits per heavy atom. The van der Waals surface area contributed by atoms with E-state index in [1.165, 1.54) is 18.2 Å². The van der Waals surface area contributed by atoms with E-state index in [2.05, 4.69) is 20.2 Å². The van der Waals surface area contributed by atoms with E-state index in [1.54, 1.807) is 6.92 Å². The first kappa shape index (κ1) is 24.4. The van der Waals surface area contributed by atoms with Gasteiger partial charge in [-0.2, -0.15) is 0 Å². The summed E-state index contributed by atoms with van der Waals surface area (Å²) < 4.78 is 33.1. The highest BCUT2D eigenvalue weighted by molar-refractivity contribution is 7.91. The number of hydrogen-bond acceptors (Lipinski definition) is 7. The van der Waals surface area contributed by atoms with Crippen molar-refractivity contribution in [3.05, 3.63) is 63.1 Å². The minimum absolute atomic E-state index is 0.0143. The summed E-state index contributed by atoms with van der Waals surface area (Å²) in [6.07, 6.45) is 0. The molecule has 1 aromatic heterocycles. The third-order valence-corrected chi connectivity index (χ3v) is 7.71.